The van der Waals surface area contributed by atoms with E-state index in [0.717, 1.165) is 16.8 Å². The van der Waals surface area contributed by atoms with Gasteiger partial charge in [0.25, 0.3) is 0 Å². The first-order chi connectivity index (χ1) is 13.3. The second-order valence-corrected chi connectivity index (χ2v) is 7.99. The Balaban J connectivity index is 1.89. The lowest BCUT2D eigenvalue weighted by atomic mass is 9.79. The van der Waals surface area contributed by atoms with Gasteiger partial charge in [-0.3, -0.25) is 9.69 Å². The van der Waals surface area contributed by atoms with Gasteiger partial charge in [0, 0.05) is 16.3 Å². The zero-order chi connectivity index (χ0) is 20.1. The lowest BCUT2D eigenvalue weighted by Crippen LogP contribution is -2.71. The normalized spacial score (nSPS) is 25.4. The summed E-state index contributed by atoms with van der Waals surface area (Å²) >= 11 is 11.9. The Labute approximate surface area is 174 Å². The fourth-order valence-electron chi connectivity index (χ4n) is 4.03. The van der Waals surface area contributed by atoms with Crippen LogP contribution in [0.25, 0.3) is 0 Å². The van der Waals surface area contributed by atoms with Crippen LogP contribution in [0.15, 0.2) is 42.5 Å². The van der Waals surface area contributed by atoms with Crippen molar-refractivity contribution in [2.75, 3.05) is 11.5 Å². The van der Waals surface area contributed by atoms with Crippen molar-refractivity contribution in [2.24, 2.45) is 5.92 Å². The van der Waals surface area contributed by atoms with Crippen LogP contribution in [0.5, 0.6) is 5.75 Å². The zero-order valence-corrected chi connectivity index (χ0v) is 17.4. The third-order valence-corrected chi connectivity index (χ3v) is 5.83. The molecule has 3 atom stereocenters. The Morgan fingerprint density at radius 2 is 2.04 bits per heavy atom. The van der Waals surface area contributed by atoms with Crippen molar-refractivity contribution in [3.05, 3.63) is 58.6 Å². The topological polar surface area (TPSA) is 50.8 Å². The van der Waals surface area contributed by atoms with Gasteiger partial charge >= 0.3 is 5.97 Å². The molecule has 28 heavy (non-hydrogen) atoms. The van der Waals surface area contributed by atoms with Crippen LogP contribution >= 0.6 is 23.8 Å². The second kappa shape index (κ2) is 6.94. The van der Waals surface area contributed by atoms with Crippen LogP contribution in [0.1, 0.15) is 31.0 Å². The van der Waals surface area contributed by atoms with Gasteiger partial charge in [0.1, 0.15) is 11.7 Å². The van der Waals surface area contributed by atoms with E-state index in [0.29, 0.717) is 15.9 Å². The van der Waals surface area contributed by atoms with Crippen LogP contribution < -0.4 is 15.0 Å². The Kier molecular flexibility index (Phi) is 4.71. The summed E-state index contributed by atoms with van der Waals surface area (Å²) in [5.74, 6) is -0.302. The van der Waals surface area contributed by atoms with Gasteiger partial charge in [0.05, 0.1) is 12.6 Å². The van der Waals surface area contributed by atoms with Crippen molar-refractivity contribution >= 4 is 40.6 Å². The first-order valence-electron chi connectivity index (χ1n) is 9.17. The van der Waals surface area contributed by atoms with Crippen molar-refractivity contribution in [1.82, 2.24) is 5.32 Å². The molecule has 0 amide bonds. The third-order valence-electron chi connectivity index (χ3n) is 5.29. The van der Waals surface area contributed by atoms with E-state index in [1.165, 1.54) is 0 Å². The van der Waals surface area contributed by atoms with Gasteiger partial charge in [0.15, 0.2) is 5.11 Å². The summed E-state index contributed by atoms with van der Waals surface area (Å²) in [6.45, 7) is 5.98. The summed E-state index contributed by atoms with van der Waals surface area (Å²) in [6, 6.07) is 13.0. The Bertz CT molecular complexity index is 949. The number of fused-ring (bicyclic) bond motifs is 4. The van der Waals surface area contributed by atoms with E-state index < -0.39 is 11.6 Å². The minimum absolute atomic E-state index is 0.287. The predicted octanol–water partition coefficient (Wildman–Crippen LogP) is 4.37. The number of nitrogens with zero attached hydrogens (tertiary/aromatic N) is 1. The molecule has 2 aromatic rings. The van der Waals surface area contributed by atoms with E-state index in [1.54, 1.807) is 13.0 Å². The number of anilines is 1. The average molecular weight is 417 g/mol. The Morgan fingerprint density at radius 1 is 1.32 bits per heavy atom. The number of nitrogens with one attached hydrogen (secondary N) is 1. The molecule has 146 valence electrons. The molecule has 1 fully saturated rings. The molecular weight excluding hydrogens is 396 g/mol. The average Bonchev–Trinajstić information content (AvgIpc) is 2.63. The summed E-state index contributed by atoms with van der Waals surface area (Å²) in [5, 5.41) is 4.39. The van der Waals surface area contributed by atoms with Gasteiger partial charge in [-0.25, -0.2) is 0 Å². The minimum Gasteiger partial charge on any atom is -0.466 e. The van der Waals surface area contributed by atoms with E-state index in [1.807, 2.05) is 55.1 Å². The standard InChI is InChI=1S/C21H21ClN2O3S/c1-4-26-19(25)17-18-15-11-13(22)7-10-16(15)27-21(17,3)24(20(28)23-18)14-8-5-12(2)6-9-14/h5-11,17-18H,4H2,1-3H3,(H,23,28). The highest BCUT2D eigenvalue weighted by atomic mass is 35.5. The first kappa shape index (κ1) is 19.0. The van der Waals surface area contributed by atoms with Crippen LogP contribution in [-0.2, 0) is 9.53 Å². The molecule has 0 radical (unpaired) electrons. The molecule has 1 saturated heterocycles. The largest absolute Gasteiger partial charge is 0.466 e. The first-order valence-corrected chi connectivity index (χ1v) is 9.96. The van der Waals surface area contributed by atoms with Gasteiger partial charge in [0.2, 0.25) is 5.72 Å². The molecule has 2 aliphatic heterocycles. The Morgan fingerprint density at radius 3 is 2.71 bits per heavy atom. The molecule has 5 nitrogen and oxygen atoms in total. The fourth-order valence-corrected chi connectivity index (χ4v) is 4.62. The highest BCUT2D eigenvalue weighted by Crippen LogP contribution is 2.50. The van der Waals surface area contributed by atoms with E-state index in [-0.39, 0.29) is 18.6 Å². The fraction of sp³-hybridized carbons (Fsp3) is 0.333. The lowest BCUT2D eigenvalue weighted by Gasteiger charge is -2.55. The highest BCUT2D eigenvalue weighted by molar-refractivity contribution is 7.80. The summed E-state index contributed by atoms with van der Waals surface area (Å²) < 4.78 is 11.8. The zero-order valence-electron chi connectivity index (χ0n) is 15.9. The van der Waals surface area contributed by atoms with Crippen LogP contribution in [-0.4, -0.2) is 23.4 Å². The third kappa shape index (κ3) is 2.91. The molecule has 0 saturated carbocycles. The number of thiocarbonyl (C=S) groups is 1. The van der Waals surface area contributed by atoms with Gasteiger partial charge < -0.3 is 14.8 Å². The molecule has 0 spiro atoms. The van der Waals surface area contributed by atoms with Crippen molar-refractivity contribution in [2.45, 2.75) is 32.5 Å². The van der Waals surface area contributed by atoms with Crippen LogP contribution in [0.2, 0.25) is 5.02 Å². The molecule has 7 heteroatoms. The maximum Gasteiger partial charge on any atom is 0.317 e. The number of ether oxygens (including phenoxy) is 2. The summed E-state index contributed by atoms with van der Waals surface area (Å²) in [4.78, 5) is 14.9. The predicted molar refractivity (Wildman–Crippen MR) is 113 cm³/mol. The maximum atomic E-state index is 13.0. The van der Waals surface area contributed by atoms with Gasteiger partial charge in [-0.2, -0.15) is 0 Å². The number of rotatable bonds is 3. The van der Waals surface area contributed by atoms with Gasteiger partial charge in [-0.05, 0) is 63.3 Å². The van der Waals surface area contributed by atoms with Crippen molar-refractivity contribution in [3.8, 4) is 5.75 Å². The van der Waals surface area contributed by atoms with Crippen molar-refractivity contribution < 1.29 is 14.3 Å². The number of benzene rings is 2. The van der Waals surface area contributed by atoms with Crippen LogP contribution in [0.3, 0.4) is 0 Å². The molecule has 0 aliphatic carbocycles. The Hall–Kier alpha value is -2.31. The molecule has 0 aromatic heterocycles. The minimum atomic E-state index is -1.05. The van der Waals surface area contributed by atoms with Gasteiger partial charge in [-0.15, -0.1) is 0 Å². The highest BCUT2D eigenvalue weighted by Gasteiger charge is 2.59. The summed E-state index contributed by atoms with van der Waals surface area (Å²) in [6.07, 6.45) is 0. The number of carbonyl (C=O) groups is 1. The van der Waals surface area contributed by atoms with Gasteiger partial charge in [-0.1, -0.05) is 29.3 Å². The molecule has 2 aromatic carbocycles. The van der Waals surface area contributed by atoms with E-state index >= 15 is 0 Å². The van der Waals surface area contributed by atoms with E-state index in [2.05, 4.69) is 5.32 Å². The summed E-state index contributed by atoms with van der Waals surface area (Å²) in [5.41, 5.74) is 1.73. The quantitative estimate of drug-likeness (QED) is 0.592. The number of carbonyl (C=O) groups excluding carboxylic acids is 1. The molecule has 2 aliphatic rings. The lowest BCUT2D eigenvalue weighted by molar-refractivity contribution is -0.159. The molecular formula is C21H21ClN2O3S. The van der Waals surface area contributed by atoms with Crippen molar-refractivity contribution in [3.63, 3.8) is 0 Å². The number of hydrogen-bond acceptors (Lipinski definition) is 4. The van der Waals surface area contributed by atoms with Crippen LogP contribution in [0.4, 0.5) is 5.69 Å². The SMILES string of the molecule is CCOC(=O)C1C2NC(=S)N(c3ccc(C)cc3)C1(C)Oc1ccc(Cl)cc12. The second-order valence-electron chi connectivity index (χ2n) is 7.17. The number of hydrogen-bond donors (Lipinski definition) is 1. The molecule has 3 unspecified atom stereocenters. The number of esters is 1. The molecule has 1 N–H and O–H groups in total. The maximum absolute atomic E-state index is 13.0. The van der Waals surface area contributed by atoms with E-state index in [4.69, 9.17) is 33.3 Å². The number of aryl methyl sites for hydroxylation is 1. The van der Waals surface area contributed by atoms with Crippen LogP contribution in [0, 0.1) is 12.8 Å². The smallest absolute Gasteiger partial charge is 0.317 e. The molecule has 4 rings (SSSR count). The molecule has 2 bridgehead atoms. The number of halogens is 1. The molecule has 2 heterocycles. The van der Waals surface area contributed by atoms with E-state index in [9.17, 15) is 4.79 Å². The monoisotopic (exact) mass is 416 g/mol. The summed E-state index contributed by atoms with van der Waals surface area (Å²) in [7, 11) is 0. The van der Waals surface area contributed by atoms with Crippen molar-refractivity contribution in [1.29, 1.82) is 0 Å².